The molecule has 0 aliphatic carbocycles. The van der Waals surface area contributed by atoms with Gasteiger partial charge in [-0.25, -0.2) is 8.42 Å². The van der Waals surface area contributed by atoms with Crippen LogP contribution in [0.3, 0.4) is 0 Å². The topological polar surface area (TPSA) is 131 Å². The number of pyridine rings is 1. The van der Waals surface area contributed by atoms with Crippen LogP contribution in [0.1, 0.15) is 42.2 Å². The number of aromatic amines is 1. The zero-order valence-corrected chi connectivity index (χ0v) is 25.8. The standard InChI is InChI=1S/C31H33ClN4O6S/c1-4-43(40,41)20-11-12-26(42-29-19(2)9-8-10-24(29)32)21(15-20)23-18-35(3)31(39)28-22(23)16-25(34-28)30(38)33-17-27(37)36-13-6-5-7-14-36/h8-12,15-16,18,34H,4-7,13-14,17H2,1-3H3,(H,33,38). The Labute approximate surface area is 254 Å². The number of carbonyl (C=O) groups is 2. The molecular formula is C31H33ClN4O6S. The SMILES string of the molecule is CCS(=O)(=O)c1ccc(Oc2c(C)cccc2Cl)c(-c2cn(C)c(=O)c3[nH]c(C(=O)NCC(=O)N4CCCCC4)cc23)c1. The van der Waals surface area contributed by atoms with E-state index in [4.69, 9.17) is 16.3 Å². The molecule has 1 aliphatic rings. The van der Waals surface area contributed by atoms with Gasteiger partial charge in [0.05, 0.1) is 22.2 Å². The van der Waals surface area contributed by atoms with E-state index < -0.39 is 15.7 Å². The molecule has 1 aliphatic heterocycles. The number of sulfone groups is 1. The summed E-state index contributed by atoms with van der Waals surface area (Å²) >= 11 is 6.44. The normalized spacial score (nSPS) is 13.7. The number of rotatable bonds is 8. The molecule has 0 atom stereocenters. The Hall–Kier alpha value is -4.09. The molecule has 0 spiro atoms. The first-order valence-electron chi connectivity index (χ1n) is 14.1. The van der Waals surface area contributed by atoms with E-state index >= 15 is 0 Å². The molecule has 1 saturated heterocycles. The van der Waals surface area contributed by atoms with Crippen molar-refractivity contribution >= 4 is 44.2 Å². The largest absolute Gasteiger partial charge is 0.455 e. The summed E-state index contributed by atoms with van der Waals surface area (Å²) in [5, 5.41) is 3.42. The van der Waals surface area contributed by atoms with E-state index in [2.05, 4.69) is 10.3 Å². The highest BCUT2D eigenvalue weighted by Gasteiger charge is 2.23. The fourth-order valence-electron chi connectivity index (χ4n) is 5.20. The summed E-state index contributed by atoms with van der Waals surface area (Å²) in [6.07, 6.45) is 4.54. The van der Waals surface area contributed by atoms with Gasteiger partial charge in [0.2, 0.25) is 5.91 Å². The van der Waals surface area contributed by atoms with Crippen LogP contribution in [0.2, 0.25) is 5.02 Å². The molecule has 0 bridgehead atoms. The molecule has 12 heteroatoms. The first kappa shape index (κ1) is 30.4. The lowest BCUT2D eigenvalue weighted by molar-refractivity contribution is -0.130. The summed E-state index contributed by atoms with van der Waals surface area (Å²) < 4.78 is 33.4. The number of para-hydroxylation sites is 1. The molecule has 226 valence electrons. The molecule has 0 unspecified atom stereocenters. The van der Waals surface area contributed by atoms with Crippen LogP contribution >= 0.6 is 11.6 Å². The van der Waals surface area contributed by atoms with E-state index in [9.17, 15) is 22.8 Å². The maximum atomic E-state index is 13.2. The lowest BCUT2D eigenvalue weighted by atomic mass is 10.0. The minimum atomic E-state index is -3.60. The number of aryl methyl sites for hydroxylation is 2. The van der Waals surface area contributed by atoms with Crippen molar-refractivity contribution in [3.63, 3.8) is 0 Å². The van der Waals surface area contributed by atoms with Crippen LogP contribution in [-0.2, 0) is 21.7 Å². The lowest BCUT2D eigenvalue weighted by Gasteiger charge is -2.26. The van der Waals surface area contributed by atoms with Gasteiger partial charge in [0, 0.05) is 42.8 Å². The number of H-pyrrole nitrogens is 1. The average Bonchev–Trinajstić information content (AvgIpc) is 3.46. The maximum Gasteiger partial charge on any atom is 0.274 e. The number of nitrogens with one attached hydrogen (secondary N) is 2. The predicted octanol–water partition coefficient (Wildman–Crippen LogP) is 4.82. The molecule has 2 amide bonds. The second-order valence-electron chi connectivity index (χ2n) is 10.6. The van der Waals surface area contributed by atoms with Crippen molar-refractivity contribution in [2.24, 2.45) is 7.05 Å². The fraction of sp³-hybridized carbons (Fsp3) is 0.323. The Morgan fingerprint density at radius 3 is 2.51 bits per heavy atom. The van der Waals surface area contributed by atoms with Crippen LogP contribution in [-0.4, -0.2) is 60.1 Å². The smallest absolute Gasteiger partial charge is 0.274 e. The van der Waals surface area contributed by atoms with Crippen molar-refractivity contribution in [3.05, 3.63) is 75.3 Å². The van der Waals surface area contributed by atoms with Crippen molar-refractivity contribution in [3.8, 4) is 22.6 Å². The molecule has 1 fully saturated rings. The van der Waals surface area contributed by atoms with Crippen LogP contribution < -0.4 is 15.6 Å². The van der Waals surface area contributed by atoms with Crippen molar-refractivity contribution in [1.82, 2.24) is 19.8 Å². The number of carbonyl (C=O) groups excluding carboxylic acids is 2. The Morgan fingerprint density at radius 2 is 1.81 bits per heavy atom. The molecule has 10 nitrogen and oxygen atoms in total. The number of nitrogens with zero attached hydrogens (tertiary/aromatic N) is 2. The summed E-state index contributed by atoms with van der Waals surface area (Å²) in [7, 11) is -2.03. The summed E-state index contributed by atoms with van der Waals surface area (Å²) in [5.74, 6) is -0.0918. The van der Waals surface area contributed by atoms with Gasteiger partial charge in [-0.2, -0.15) is 0 Å². The number of amides is 2. The number of fused-ring (bicyclic) bond motifs is 1. The lowest BCUT2D eigenvalue weighted by Crippen LogP contribution is -2.42. The van der Waals surface area contributed by atoms with Gasteiger partial charge in [0.15, 0.2) is 9.84 Å². The van der Waals surface area contributed by atoms with E-state index in [-0.39, 0.29) is 39.9 Å². The molecule has 0 radical (unpaired) electrons. The summed E-state index contributed by atoms with van der Waals surface area (Å²) in [5.41, 5.74) is 1.48. The van der Waals surface area contributed by atoms with Gasteiger partial charge < -0.3 is 24.5 Å². The van der Waals surface area contributed by atoms with E-state index in [0.717, 1.165) is 24.8 Å². The Balaban J connectivity index is 1.59. The summed E-state index contributed by atoms with van der Waals surface area (Å²) in [4.78, 5) is 43.6. The number of benzene rings is 2. The Morgan fingerprint density at radius 1 is 1.07 bits per heavy atom. The number of ether oxygens (including phenoxy) is 1. The highest BCUT2D eigenvalue weighted by molar-refractivity contribution is 7.91. The van der Waals surface area contributed by atoms with Gasteiger partial charge >= 0.3 is 0 Å². The molecular weight excluding hydrogens is 592 g/mol. The number of likely N-dealkylation sites (tertiary alicyclic amines) is 1. The van der Waals surface area contributed by atoms with Gasteiger partial charge in [-0.3, -0.25) is 14.4 Å². The molecule has 5 rings (SSSR count). The van der Waals surface area contributed by atoms with Gasteiger partial charge in [0.25, 0.3) is 11.5 Å². The average molecular weight is 625 g/mol. The zero-order valence-electron chi connectivity index (χ0n) is 24.2. The number of hydrogen-bond acceptors (Lipinski definition) is 6. The molecule has 0 saturated carbocycles. The molecule has 3 heterocycles. The molecule has 43 heavy (non-hydrogen) atoms. The number of piperidine rings is 1. The van der Waals surface area contributed by atoms with Crippen LogP contribution in [0.4, 0.5) is 0 Å². The second kappa shape index (κ2) is 12.3. The van der Waals surface area contributed by atoms with Crippen molar-refractivity contribution in [1.29, 1.82) is 0 Å². The van der Waals surface area contributed by atoms with Gasteiger partial charge in [-0.1, -0.05) is 30.7 Å². The van der Waals surface area contributed by atoms with E-state index in [1.807, 2.05) is 13.0 Å². The maximum absolute atomic E-state index is 13.2. The minimum Gasteiger partial charge on any atom is -0.455 e. The quantitative estimate of drug-likeness (QED) is 0.289. The summed E-state index contributed by atoms with van der Waals surface area (Å²) in [6, 6.07) is 11.4. The molecule has 2 N–H and O–H groups in total. The van der Waals surface area contributed by atoms with Crippen molar-refractivity contribution < 1.29 is 22.7 Å². The van der Waals surface area contributed by atoms with Gasteiger partial charge in [-0.15, -0.1) is 0 Å². The van der Waals surface area contributed by atoms with Gasteiger partial charge in [-0.05, 0) is 62.1 Å². The predicted molar refractivity (Wildman–Crippen MR) is 166 cm³/mol. The Kier molecular flexibility index (Phi) is 8.66. The monoisotopic (exact) mass is 624 g/mol. The van der Waals surface area contributed by atoms with Crippen LogP contribution in [0.5, 0.6) is 11.5 Å². The highest BCUT2D eigenvalue weighted by atomic mass is 35.5. The Bertz CT molecular complexity index is 1870. The zero-order chi connectivity index (χ0) is 30.9. The fourth-order valence-corrected chi connectivity index (χ4v) is 6.37. The number of hydrogen-bond donors (Lipinski definition) is 2. The van der Waals surface area contributed by atoms with E-state index in [0.29, 0.717) is 46.1 Å². The number of aromatic nitrogens is 2. The molecule has 4 aromatic rings. The number of halogens is 1. The first-order valence-corrected chi connectivity index (χ1v) is 16.1. The van der Waals surface area contributed by atoms with Crippen molar-refractivity contribution in [2.75, 3.05) is 25.4 Å². The third kappa shape index (κ3) is 6.18. The van der Waals surface area contributed by atoms with Crippen LogP contribution in [0.15, 0.2) is 58.4 Å². The minimum absolute atomic E-state index is 0.0833. The second-order valence-corrected chi connectivity index (χ2v) is 13.3. The molecule has 2 aromatic heterocycles. The highest BCUT2D eigenvalue weighted by Crippen LogP contribution is 2.41. The van der Waals surface area contributed by atoms with E-state index in [1.54, 1.807) is 43.3 Å². The first-order chi connectivity index (χ1) is 20.5. The van der Waals surface area contributed by atoms with Gasteiger partial charge in [0.1, 0.15) is 22.7 Å². The third-order valence-electron chi connectivity index (χ3n) is 7.67. The third-order valence-corrected chi connectivity index (χ3v) is 9.70. The van der Waals surface area contributed by atoms with Crippen LogP contribution in [0.25, 0.3) is 22.0 Å². The molecule has 2 aromatic carbocycles. The van der Waals surface area contributed by atoms with Crippen LogP contribution in [0, 0.1) is 6.92 Å². The summed E-state index contributed by atoms with van der Waals surface area (Å²) in [6.45, 7) is 4.58. The van der Waals surface area contributed by atoms with E-state index in [1.165, 1.54) is 22.8 Å². The van der Waals surface area contributed by atoms with Crippen molar-refractivity contribution in [2.45, 2.75) is 38.0 Å².